The topological polar surface area (TPSA) is 41.1 Å². The number of rotatable bonds is 6. The fraction of sp³-hybridized carbons (Fsp3) is 0.500. The van der Waals surface area contributed by atoms with Crippen LogP contribution in [-0.2, 0) is 11.3 Å². The molecule has 0 heterocycles. The van der Waals surface area contributed by atoms with Gasteiger partial charge in [-0.25, -0.2) is 0 Å². The first kappa shape index (κ1) is 18.4. The van der Waals surface area contributed by atoms with Crippen LogP contribution in [0.5, 0.6) is 0 Å². The van der Waals surface area contributed by atoms with Crippen LogP contribution in [0.2, 0.25) is 0 Å². The highest BCUT2D eigenvalue weighted by Gasteiger charge is 2.16. The largest absolute Gasteiger partial charge is 0.351 e. The summed E-state index contributed by atoms with van der Waals surface area (Å²) in [7, 11) is 1.83. The molecule has 1 amide bonds. The maximum atomic E-state index is 12.0. The quantitative estimate of drug-likeness (QED) is 0.828. The van der Waals surface area contributed by atoms with E-state index in [9.17, 15) is 4.79 Å². The number of nitrogens with one attached hydrogen (secondary N) is 2. The summed E-state index contributed by atoms with van der Waals surface area (Å²) in [4.78, 5) is 12.0. The summed E-state index contributed by atoms with van der Waals surface area (Å²) < 4.78 is 1.05. The zero-order valence-electron chi connectivity index (χ0n) is 11.6. The van der Waals surface area contributed by atoms with Crippen LogP contribution in [0.3, 0.4) is 0 Å². The number of amides is 1. The molecule has 108 valence electrons. The van der Waals surface area contributed by atoms with Gasteiger partial charge in [0.05, 0.1) is 6.04 Å². The molecule has 0 spiro atoms. The first-order chi connectivity index (χ1) is 8.52. The van der Waals surface area contributed by atoms with Crippen LogP contribution in [0.1, 0.15) is 25.8 Å². The zero-order chi connectivity index (χ0) is 13.5. The molecular weight excluding hydrogens is 328 g/mol. The Balaban J connectivity index is 0.00000324. The summed E-state index contributed by atoms with van der Waals surface area (Å²) in [5.41, 5.74) is 1.10. The highest BCUT2D eigenvalue weighted by Crippen LogP contribution is 2.10. The molecular formula is C14H22BrClN2O. The van der Waals surface area contributed by atoms with Gasteiger partial charge in [-0.3, -0.25) is 4.79 Å². The lowest BCUT2D eigenvalue weighted by atomic mass is 10.0. The van der Waals surface area contributed by atoms with E-state index in [0.29, 0.717) is 12.5 Å². The van der Waals surface area contributed by atoms with Crippen LogP contribution in [-0.4, -0.2) is 19.0 Å². The van der Waals surface area contributed by atoms with Gasteiger partial charge in [0.1, 0.15) is 0 Å². The van der Waals surface area contributed by atoms with Crippen molar-refractivity contribution in [3.05, 3.63) is 34.3 Å². The molecule has 1 aromatic rings. The highest BCUT2D eigenvalue weighted by molar-refractivity contribution is 9.10. The van der Waals surface area contributed by atoms with Crippen molar-refractivity contribution in [3.8, 4) is 0 Å². The van der Waals surface area contributed by atoms with Crippen molar-refractivity contribution in [3.63, 3.8) is 0 Å². The molecule has 0 fully saturated rings. The standard InChI is InChI=1S/C14H21BrN2O.ClH/c1-10(2)8-13(16-3)14(18)17-9-11-4-6-12(15)7-5-11;/h4-7,10,13,16H,8-9H2,1-3H3,(H,17,18);1H/t13-;/m0./s1. The van der Waals surface area contributed by atoms with Gasteiger partial charge in [0.15, 0.2) is 0 Å². The smallest absolute Gasteiger partial charge is 0.237 e. The Labute approximate surface area is 130 Å². The minimum atomic E-state index is -0.111. The van der Waals surface area contributed by atoms with E-state index in [2.05, 4.69) is 40.4 Å². The second-order valence-corrected chi connectivity index (χ2v) is 5.73. The molecule has 3 nitrogen and oxygen atoms in total. The number of hydrogen-bond acceptors (Lipinski definition) is 2. The van der Waals surface area contributed by atoms with E-state index in [4.69, 9.17) is 0 Å². The zero-order valence-corrected chi connectivity index (χ0v) is 14.0. The van der Waals surface area contributed by atoms with Crippen LogP contribution >= 0.6 is 28.3 Å². The normalized spacial score (nSPS) is 11.8. The Morgan fingerprint density at radius 1 is 1.26 bits per heavy atom. The van der Waals surface area contributed by atoms with Gasteiger partial charge in [0.25, 0.3) is 0 Å². The van der Waals surface area contributed by atoms with E-state index in [1.807, 2.05) is 31.3 Å². The Hall–Kier alpha value is -0.580. The molecule has 1 atom stereocenters. The summed E-state index contributed by atoms with van der Waals surface area (Å²) in [6, 6.07) is 7.85. The van der Waals surface area contributed by atoms with Crippen molar-refractivity contribution in [2.24, 2.45) is 5.92 Å². The second-order valence-electron chi connectivity index (χ2n) is 4.82. The highest BCUT2D eigenvalue weighted by atomic mass is 79.9. The summed E-state index contributed by atoms with van der Waals surface area (Å²) in [5.74, 6) is 0.565. The fourth-order valence-electron chi connectivity index (χ4n) is 1.74. The van der Waals surface area contributed by atoms with Crippen molar-refractivity contribution < 1.29 is 4.79 Å². The van der Waals surface area contributed by atoms with Crippen LogP contribution in [0, 0.1) is 5.92 Å². The molecule has 0 aliphatic rings. The van der Waals surface area contributed by atoms with Crippen molar-refractivity contribution in [1.82, 2.24) is 10.6 Å². The van der Waals surface area contributed by atoms with Crippen LogP contribution in [0.4, 0.5) is 0 Å². The van der Waals surface area contributed by atoms with Gasteiger partial charge < -0.3 is 10.6 Å². The third-order valence-electron chi connectivity index (χ3n) is 2.75. The van der Waals surface area contributed by atoms with Crippen LogP contribution in [0.15, 0.2) is 28.7 Å². The third kappa shape index (κ3) is 6.95. The summed E-state index contributed by atoms with van der Waals surface area (Å²) in [5, 5.41) is 6.02. The average Bonchev–Trinajstić information content (AvgIpc) is 2.34. The van der Waals surface area contributed by atoms with Gasteiger partial charge >= 0.3 is 0 Å². The Kier molecular flexibility index (Phi) is 9.06. The maximum Gasteiger partial charge on any atom is 0.237 e. The second kappa shape index (κ2) is 9.34. The van der Waals surface area contributed by atoms with Crippen LogP contribution < -0.4 is 10.6 Å². The molecule has 1 aromatic carbocycles. The van der Waals surface area contributed by atoms with E-state index in [0.717, 1.165) is 16.5 Å². The molecule has 2 N–H and O–H groups in total. The first-order valence-corrected chi connectivity index (χ1v) is 7.01. The third-order valence-corrected chi connectivity index (χ3v) is 3.28. The SMILES string of the molecule is CN[C@@H](CC(C)C)C(=O)NCc1ccc(Br)cc1.Cl. The molecule has 5 heteroatoms. The van der Waals surface area contributed by atoms with E-state index >= 15 is 0 Å². The molecule has 1 rings (SSSR count). The number of carbonyl (C=O) groups is 1. The van der Waals surface area contributed by atoms with Gasteiger partial charge in [0.2, 0.25) is 5.91 Å². The first-order valence-electron chi connectivity index (χ1n) is 6.22. The predicted octanol–water partition coefficient (Wildman–Crippen LogP) is 3.12. The lowest BCUT2D eigenvalue weighted by molar-refractivity contribution is -0.123. The molecule has 0 bridgehead atoms. The average molecular weight is 350 g/mol. The van der Waals surface area contributed by atoms with Crippen molar-refractivity contribution in [2.75, 3.05) is 7.05 Å². The minimum absolute atomic E-state index is 0. The van der Waals surface area contributed by atoms with Gasteiger partial charge in [-0.2, -0.15) is 0 Å². The Morgan fingerprint density at radius 2 is 1.84 bits per heavy atom. The molecule has 0 aliphatic heterocycles. The van der Waals surface area contributed by atoms with E-state index in [1.165, 1.54) is 0 Å². The fourth-order valence-corrected chi connectivity index (χ4v) is 2.01. The van der Waals surface area contributed by atoms with Crippen molar-refractivity contribution in [2.45, 2.75) is 32.9 Å². The number of benzene rings is 1. The molecule has 0 unspecified atom stereocenters. The van der Waals surface area contributed by atoms with Crippen LogP contribution in [0.25, 0.3) is 0 Å². The lowest BCUT2D eigenvalue weighted by Gasteiger charge is -2.17. The van der Waals surface area contributed by atoms with Gasteiger partial charge in [0, 0.05) is 11.0 Å². The van der Waals surface area contributed by atoms with Gasteiger partial charge in [-0.1, -0.05) is 41.9 Å². The minimum Gasteiger partial charge on any atom is -0.351 e. The number of halogens is 2. The summed E-state index contributed by atoms with van der Waals surface area (Å²) in [6.45, 7) is 4.81. The monoisotopic (exact) mass is 348 g/mol. The van der Waals surface area contributed by atoms with Crippen molar-refractivity contribution in [1.29, 1.82) is 0 Å². The lowest BCUT2D eigenvalue weighted by Crippen LogP contribution is -2.43. The molecule has 0 saturated carbocycles. The van der Waals surface area contributed by atoms with E-state index < -0.39 is 0 Å². The van der Waals surface area contributed by atoms with E-state index in [1.54, 1.807) is 0 Å². The van der Waals surface area contributed by atoms with Gasteiger partial charge in [-0.05, 0) is 37.1 Å². The maximum absolute atomic E-state index is 12.0. The number of hydrogen-bond donors (Lipinski definition) is 2. The van der Waals surface area contributed by atoms with E-state index in [-0.39, 0.29) is 24.4 Å². The molecule has 19 heavy (non-hydrogen) atoms. The van der Waals surface area contributed by atoms with Crippen molar-refractivity contribution >= 4 is 34.2 Å². The van der Waals surface area contributed by atoms with Gasteiger partial charge in [-0.15, -0.1) is 12.4 Å². The predicted molar refractivity (Wildman–Crippen MR) is 85.5 cm³/mol. The number of likely N-dealkylation sites (N-methyl/N-ethyl adjacent to an activating group) is 1. The molecule has 0 aliphatic carbocycles. The number of carbonyl (C=O) groups excluding carboxylic acids is 1. The summed E-state index contributed by atoms with van der Waals surface area (Å²) in [6.07, 6.45) is 0.850. The molecule has 0 saturated heterocycles. The molecule has 0 aromatic heterocycles. The Bertz CT molecular complexity index is 382. The summed E-state index contributed by atoms with van der Waals surface area (Å²) >= 11 is 3.39. The Morgan fingerprint density at radius 3 is 2.32 bits per heavy atom. The molecule has 0 radical (unpaired) electrons.